The molecule has 0 unspecified atom stereocenters. The van der Waals surface area contributed by atoms with Crippen molar-refractivity contribution in [1.29, 1.82) is 0 Å². The Labute approximate surface area is 87.4 Å². The van der Waals surface area contributed by atoms with E-state index in [1.165, 1.54) is 0 Å². The molecule has 0 N–H and O–H groups in total. The van der Waals surface area contributed by atoms with Crippen LogP contribution in [0.3, 0.4) is 0 Å². The number of rotatable bonds is 0. The van der Waals surface area contributed by atoms with Crippen LogP contribution in [0.1, 0.15) is 0 Å². The molecule has 0 aromatic heterocycles. The van der Waals surface area contributed by atoms with Crippen LogP contribution in [0.5, 0.6) is 0 Å². The van der Waals surface area contributed by atoms with E-state index in [4.69, 9.17) is 0 Å². The molecule has 0 aliphatic rings. The van der Waals surface area contributed by atoms with E-state index in [1.54, 1.807) is 0 Å². The summed E-state index contributed by atoms with van der Waals surface area (Å²) >= 11 is 5.12. The fourth-order valence-electron chi connectivity index (χ4n) is 0. The average molecular weight is 597 g/mol. The Bertz CT molecular complexity index is 9.61. The molecule has 0 amide bonds. The quantitative estimate of drug-likeness (QED) is 0.344. The van der Waals surface area contributed by atoms with E-state index < -0.39 is 0 Å². The minimum atomic E-state index is 0. The summed E-state index contributed by atoms with van der Waals surface area (Å²) in [6.07, 6.45) is 0. The van der Waals surface area contributed by atoms with Crippen molar-refractivity contribution in [3.05, 3.63) is 0 Å². The van der Waals surface area contributed by atoms with Crippen LogP contribution < -0.4 is 0 Å². The minimum absolute atomic E-state index is 0. The predicted molar refractivity (Wildman–Crippen MR) is 37.4 cm³/mol. The molecular formula is H5BiBr2OPb. The van der Waals surface area contributed by atoms with Gasteiger partial charge in [0.1, 0.15) is 32.5 Å². The van der Waals surface area contributed by atoms with Gasteiger partial charge in [-0.2, -0.15) is 0 Å². The summed E-state index contributed by atoms with van der Waals surface area (Å²) in [5, 5.41) is 0. The van der Waals surface area contributed by atoms with Gasteiger partial charge in [0.2, 0.25) is 0 Å². The van der Waals surface area contributed by atoms with Gasteiger partial charge in [0.15, 0.2) is 0 Å². The summed E-state index contributed by atoms with van der Waals surface area (Å²) in [5.41, 5.74) is 0. The Morgan fingerprint density at radius 1 is 1.20 bits per heavy atom. The molecule has 0 saturated carbocycles. The van der Waals surface area contributed by atoms with E-state index in [1.807, 2.05) is 0 Å². The van der Waals surface area contributed by atoms with Gasteiger partial charge >= 0.3 is 53.5 Å². The fraction of sp³-hybridized carbons (Fsp3) is 0. The molecule has 0 heterocycles. The van der Waals surface area contributed by atoms with Crippen LogP contribution in [-0.4, -0.2) is 53.5 Å². The summed E-state index contributed by atoms with van der Waals surface area (Å²) in [6, 6.07) is 0. The topological polar surface area (TPSA) is 9.23 Å². The van der Waals surface area contributed by atoms with Gasteiger partial charge in [0.05, 0.1) is 0 Å². The van der Waals surface area contributed by atoms with E-state index >= 15 is 0 Å². The van der Waals surface area contributed by atoms with Crippen LogP contribution in [0, 0.1) is 0 Å². The molecule has 0 spiro atoms. The van der Waals surface area contributed by atoms with Crippen LogP contribution in [0.4, 0.5) is 0 Å². The van der Waals surface area contributed by atoms with Crippen LogP contribution in [-0.2, 0) is 2.92 Å². The predicted octanol–water partition coefficient (Wildman–Crippen LogP) is -0.477. The second-order valence-corrected chi connectivity index (χ2v) is 1.57. The van der Waals surface area contributed by atoms with E-state index in [-0.39, 0.29) is 53.5 Å². The normalized spacial score (nSPS) is 3.60. The standard InChI is InChI=1S/Bi.Br2O.Pb.5H/c;1-3-2;;;;;;. The number of halogens is 2. The molecule has 0 aliphatic carbocycles. The van der Waals surface area contributed by atoms with Crippen molar-refractivity contribution in [2.75, 3.05) is 0 Å². The zero-order valence-electron chi connectivity index (χ0n) is 2.58. The van der Waals surface area contributed by atoms with Gasteiger partial charge < -0.3 is 0 Å². The molecule has 0 bridgehead atoms. The van der Waals surface area contributed by atoms with Gasteiger partial charge in [0.25, 0.3) is 0 Å². The number of hydrogen-bond acceptors (Lipinski definition) is 1. The summed E-state index contributed by atoms with van der Waals surface area (Å²) in [7, 11) is 0. The molecule has 2 radical (unpaired) electrons. The maximum absolute atomic E-state index is 3.88. The zero-order chi connectivity index (χ0) is 2.71. The van der Waals surface area contributed by atoms with Gasteiger partial charge in [-0.25, -0.2) is 2.92 Å². The first kappa shape index (κ1) is 15.6. The van der Waals surface area contributed by atoms with Crippen LogP contribution in [0.15, 0.2) is 0 Å². The van der Waals surface area contributed by atoms with E-state index in [9.17, 15) is 0 Å². The zero-order valence-corrected chi connectivity index (χ0v) is 16.7. The van der Waals surface area contributed by atoms with Crippen LogP contribution >= 0.6 is 32.5 Å². The van der Waals surface area contributed by atoms with Crippen molar-refractivity contribution >= 4 is 86.0 Å². The first-order valence-electron chi connectivity index (χ1n) is 0.309. The summed E-state index contributed by atoms with van der Waals surface area (Å²) in [4.78, 5) is 0. The SMILES string of the molecule is BrOBr.[BiH3].[PbH2]. The summed E-state index contributed by atoms with van der Waals surface area (Å²) in [6.45, 7) is 0. The van der Waals surface area contributed by atoms with Crippen LogP contribution in [0.2, 0.25) is 0 Å². The molecule has 0 aromatic carbocycles. The Morgan fingerprint density at radius 2 is 1.20 bits per heavy atom. The van der Waals surface area contributed by atoms with Crippen molar-refractivity contribution in [2.45, 2.75) is 0 Å². The third kappa shape index (κ3) is 20.2. The summed E-state index contributed by atoms with van der Waals surface area (Å²) < 4.78 is 3.88. The fourth-order valence-corrected chi connectivity index (χ4v) is 0. The van der Waals surface area contributed by atoms with E-state index in [0.29, 0.717) is 0 Å². The second-order valence-electron chi connectivity index (χ2n) is 0.0583. The molecule has 0 fully saturated rings. The Hall–Kier alpha value is 2.73. The molecular weight excluding hydrogens is 592 g/mol. The first-order chi connectivity index (χ1) is 1.41. The maximum atomic E-state index is 3.88. The Kier molecular flexibility index (Phi) is 49.7. The van der Waals surface area contributed by atoms with Crippen LogP contribution in [0.25, 0.3) is 0 Å². The molecule has 5 heavy (non-hydrogen) atoms. The van der Waals surface area contributed by atoms with Gasteiger partial charge in [-0.1, -0.05) is 0 Å². The third-order valence-corrected chi connectivity index (χ3v) is 0. The van der Waals surface area contributed by atoms with Crippen molar-refractivity contribution in [3.8, 4) is 0 Å². The van der Waals surface area contributed by atoms with E-state index in [0.717, 1.165) is 0 Å². The van der Waals surface area contributed by atoms with Crippen molar-refractivity contribution in [3.63, 3.8) is 0 Å². The van der Waals surface area contributed by atoms with Gasteiger partial charge in [-0.15, -0.1) is 0 Å². The third-order valence-electron chi connectivity index (χ3n) is 0. The van der Waals surface area contributed by atoms with Gasteiger partial charge in [-0.3, -0.25) is 0 Å². The van der Waals surface area contributed by atoms with Crippen molar-refractivity contribution in [2.24, 2.45) is 0 Å². The van der Waals surface area contributed by atoms with Crippen molar-refractivity contribution in [1.82, 2.24) is 0 Å². The Morgan fingerprint density at radius 3 is 1.20 bits per heavy atom. The van der Waals surface area contributed by atoms with E-state index in [2.05, 4.69) is 35.4 Å². The van der Waals surface area contributed by atoms with Gasteiger partial charge in [-0.05, 0) is 0 Å². The summed E-state index contributed by atoms with van der Waals surface area (Å²) in [5.74, 6) is 0. The second kappa shape index (κ2) is 15.9. The Balaban J connectivity index is -0.0000000200. The molecule has 0 atom stereocenters. The molecule has 0 rings (SSSR count). The monoisotopic (exact) mass is 596 g/mol. The average Bonchev–Trinajstić information content (AvgIpc) is 0.918. The first-order valence-corrected chi connectivity index (χ1v) is 1.60. The number of hydrogen-bond donors (Lipinski definition) is 0. The molecule has 1 nitrogen and oxygen atoms in total. The molecule has 5 heteroatoms. The molecule has 0 aliphatic heterocycles. The van der Waals surface area contributed by atoms with Gasteiger partial charge in [0, 0.05) is 0 Å². The molecule has 0 saturated heterocycles. The molecule has 0 aromatic rings. The van der Waals surface area contributed by atoms with Crippen molar-refractivity contribution < 1.29 is 2.92 Å². The molecule has 34 valence electrons.